The van der Waals surface area contributed by atoms with Gasteiger partial charge < -0.3 is 15.3 Å². The number of nitrogens with two attached hydrogens (primary N) is 1. The molecule has 1 aromatic carbocycles. The molecule has 0 spiro atoms. The lowest BCUT2D eigenvalue weighted by Gasteiger charge is -2.44. The number of benzene rings is 1. The van der Waals surface area contributed by atoms with Gasteiger partial charge in [-0.05, 0) is 39.3 Å². The normalized spacial score (nSPS) is 15.9. The third kappa shape index (κ3) is 5.12. The minimum absolute atomic E-state index is 0.0908. The third-order valence-electron chi connectivity index (χ3n) is 7.25. The molecule has 1 unspecified atom stereocenters. The van der Waals surface area contributed by atoms with E-state index in [1.165, 1.54) is 13.3 Å². The van der Waals surface area contributed by atoms with E-state index < -0.39 is 24.1 Å². The lowest BCUT2D eigenvalue weighted by atomic mass is 9.84. The molecule has 2 N–H and O–H groups in total. The fraction of sp³-hybridized carbons (Fsp3) is 0.480. The first kappa shape index (κ1) is 29.3. The SMILES string of the molecule is COc1c(C(C)n2nc(C)c3c(N)ncnc32)cc(Cl)c(C)c1C1CN([C@H](C)C(=O)N(C)OC(=O)C(F)(F)F)C1. The molecule has 1 aliphatic rings. The van der Waals surface area contributed by atoms with Crippen molar-refractivity contribution in [3.63, 3.8) is 0 Å². The van der Waals surface area contributed by atoms with Gasteiger partial charge in [-0.15, -0.1) is 0 Å². The van der Waals surface area contributed by atoms with Crippen LogP contribution in [0.1, 0.15) is 48.2 Å². The number of likely N-dealkylation sites (tertiary alicyclic amines) is 1. The molecule has 3 aromatic rings. The number of carbonyl (C=O) groups is 2. The summed E-state index contributed by atoms with van der Waals surface area (Å²) in [7, 11) is 2.53. The number of halogens is 4. The number of aromatic nitrogens is 4. The fourth-order valence-corrected chi connectivity index (χ4v) is 5.24. The molecule has 2 atom stereocenters. The number of ether oxygens (including phenoxy) is 1. The molecule has 4 rings (SSSR count). The zero-order valence-corrected chi connectivity index (χ0v) is 23.5. The van der Waals surface area contributed by atoms with E-state index in [0.29, 0.717) is 51.5 Å². The first-order chi connectivity index (χ1) is 18.7. The van der Waals surface area contributed by atoms with E-state index in [-0.39, 0.29) is 12.0 Å². The summed E-state index contributed by atoms with van der Waals surface area (Å²) in [5, 5.41) is 6.13. The first-order valence-corrected chi connectivity index (χ1v) is 12.7. The van der Waals surface area contributed by atoms with Crippen LogP contribution >= 0.6 is 11.6 Å². The highest BCUT2D eigenvalue weighted by atomic mass is 35.5. The van der Waals surface area contributed by atoms with Crippen molar-refractivity contribution in [1.82, 2.24) is 29.7 Å². The van der Waals surface area contributed by atoms with E-state index >= 15 is 0 Å². The second-order valence-electron chi connectivity index (χ2n) is 9.72. The number of alkyl halides is 3. The van der Waals surface area contributed by atoms with Crippen molar-refractivity contribution >= 4 is 40.3 Å². The molecule has 0 radical (unpaired) electrons. The Balaban J connectivity index is 1.59. The summed E-state index contributed by atoms with van der Waals surface area (Å²) in [6, 6.07) is 0.629. The van der Waals surface area contributed by atoms with Crippen molar-refractivity contribution < 1.29 is 32.3 Å². The van der Waals surface area contributed by atoms with Crippen molar-refractivity contribution in [2.75, 3.05) is 33.0 Å². The van der Waals surface area contributed by atoms with E-state index in [0.717, 1.165) is 23.7 Å². The molecule has 216 valence electrons. The van der Waals surface area contributed by atoms with Gasteiger partial charge in [-0.3, -0.25) is 9.69 Å². The van der Waals surface area contributed by atoms with Crippen LogP contribution in [0.2, 0.25) is 5.02 Å². The van der Waals surface area contributed by atoms with Gasteiger partial charge in [0.25, 0.3) is 5.91 Å². The van der Waals surface area contributed by atoms with E-state index in [1.807, 2.05) is 26.8 Å². The second-order valence-corrected chi connectivity index (χ2v) is 10.1. The standard InChI is InChI=1S/C25H29ClF3N7O4/c1-11-17(26)7-16(13(3)36-22-19(12(2)33-36)21(30)31-10-32-22)20(39-6)18(11)15-8-35(9-15)14(4)23(37)34(5)40-24(38)25(27,28)29/h7,10,13-15H,8-9H2,1-6H3,(H2,30,31,32)/t13?,14-/m1/s1. The van der Waals surface area contributed by atoms with Gasteiger partial charge >= 0.3 is 12.1 Å². The van der Waals surface area contributed by atoms with E-state index in [2.05, 4.69) is 19.9 Å². The molecule has 1 fully saturated rings. The van der Waals surface area contributed by atoms with Crippen molar-refractivity contribution in [3.8, 4) is 5.75 Å². The average Bonchev–Trinajstić information content (AvgIpc) is 3.21. The summed E-state index contributed by atoms with van der Waals surface area (Å²) < 4.78 is 45.2. The minimum atomic E-state index is -5.21. The Morgan fingerprint density at radius 1 is 1.23 bits per heavy atom. The van der Waals surface area contributed by atoms with Crippen molar-refractivity contribution in [1.29, 1.82) is 0 Å². The third-order valence-corrected chi connectivity index (χ3v) is 7.64. The number of hydrogen-bond acceptors (Lipinski definition) is 9. The van der Waals surface area contributed by atoms with E-state index in [4.69, 9.17) is 22.1 Å². The maximum atomic E-state index is 12.6. The van der Waals surface area contributed by atoms with Crippen LogP contribution in [0, 0.1) is 13.8 Å². The number of nitrogens with zero attached hydrogens (tertiary/aromatic N) is 6. The van der Waals surface area contributed by atoms with E-state index in [1.54, 1.807) is 16.7 Å². The number of aryl methyl sites for hydroxylation is 1. The molecular weight excluding hydrogens is 555 g/mol. The van der Waals surface area contributed by atoms with Crippen LogP contribution in [0.25, 0.3) is 11.0 Å². The number of nitrogen functional groups attached to an aromatic ring is 1. The number of fused-ring (bicyclic) bond motifs is 1. The summed E-state index contributed by atoms with van der Waals surface area (Å²) >= 11 is 6.68. The van der Waals surface area contributed by atoms with Gasteiger partial charge in [0.15, 0.2) is 5.65 Å². The first-order valence-electron chi connectivity index (χ1n) is 12.3. The number of carbonyl (C=O) groups excluding carboxylic acids is 2. The molecule has 1 aliphatic heterocycles. The summed E-state index contributed by atoms with van der Waals surface area (Å²) in [6.45, 7) is 7.95. The fourth-order valence-electron chi connectivity index (χ4n) is 5.02. The number of hydroxylamine groups is 2. The van der Waals surface area contributed by atoms with Crippen LogP contribution in [0.3, 0.4) is 0 Å². The van der Waals surface area contributed by atoms with Crippen LogP contribution in [0.5, 0.6) is 5.75 Å². The van der Waals surface area contributed by atoms with Crippen LogP contribution < -0.4 is 10.5 Å². The Hall–Kier alpha value is -3.65. The summed E-state index contributed by atoms with van der Waals surface area (Å²) in [5.41, 5.74) is 9.73. The Labute approximate surface area is 232 Å². The quantitative estimate of drug-likeness (QED) is 0.433. The lowest BCUT2D eigenvalue weighted by molar-refractivity contribution is -0.234. The number of methoxy groups -OCH3 is 1. The number of rotatable bonds is 6. The van der Waals surface area contributed by atoms with Gasteiger partial charge in [0.2, 0.25) is 0 Å². The topological polar surface area (TPSA) is 129 Å². The number of amides is 1. The highest BCUT2D eigenvalue weighted by Crippen LogP contribution is 2.44. The monoisotopic (exact) mass is 583 g/mol. The van der Waals surface area contributed by atoms with Crippen molar-refractivity contribution in [2.45, 2.75) is 51.9 Å². The Morgan fingerprint density at radius 3 is 2.48 bits per heavy atom. The van der Waals surface area contributed by atoms with Crippen LogP contribution in [-0.2, 0) is 14.4 Å². The molecule has 0 saturated carbocycles. The van der Waals surface area contributed by atoms with Gasteiger partial charge in [-0.25, -0.2) is 19.4 Å². The Morgan fingerprint density at radius 2 is 1.88 bits per heavy atom. The van der Waals surface area contributed by atoms with Gasteiger partial charge in [0, 0.05) is 42.2 Å². The lowest BCUT2D eigenvalue weighted by Crippen LogP contribution is -2.55. The maximum absolute atomic E-state index is 12.6. The molecule has 3 heterocycles. The molecule has 2 aromatic heterocycles. The Kier molecular flexibility index (Phi) is 7.87. The summed E-state index contributed by atoms with van der Waals surface area (Å²) in [5.74, 6) is -2.41. The number of hydrogen-bond donors (Lipinski definition) is 1. The van der Waals surface area contributed by atoms with Crippen molar-refractivity contribution in [3.05, 3.63) is 39.8 Å². The average molecular weight is 584 g/mol. The molecule has 40 heavy (non-hydrogen) atoms. The van der Waals surface area contributed by atoms with Crippen LogP contribution in [0.4, 0.5) is 19.0 Å². The predicted octanol–water partition coefficient (Wildman–Crippen LogP) is 3.56. The van der Waals surface area contributed by atoms with E-state index in [9.17, 15) is 22.8 Å². The Bertz CT molecular complexity index is 1470. The number of likely N-dealkylation sites (N-methyl/N-ethyl adjacent to an activating group) is 1. The largest absolute Gasteiger partial charge is 0.496 e. The summed E-state index contributed by atoms with van der Waals surface area (Å²) in [4.78, 5) is 38.1. The van der Waals surface area contributed by atoms with Gasteiger partial charge in [-0.1, -0.05) is 11.6 Å². The predicted molar refractivity (Wildman–Crippen MR) is 140 cm³/mol. The number of anilines is 1. The molecule has 1 saturated heterocycles. The minimum Gasteiger partial charge on any atom is -0.496 e. The second kappa shape index (κ2) is 10.7. The summed E-state index contributed by atoms with van der Waals surface area (Å²) in [6.07, 6.45) is -3.84. The smallest absolute Gasteiger partial charge is 0.493 e. The van der Waals surface area contributed by atoms with Gasteiger partial charge in [0.05, 0.1) is 30.3 Å². The van der Waals surface area contributed by atoms with Crippen LogP contribution in [0.15, 0.2) is 12.4 Å². The highest BCUT2D eigenvalue weighted by molar-refractivity contribution is 6.31. The highest BCUT2D eigenvalue weighted by Gasteiger charge is 2.44. The zero-order chi connectivity index (χ0) is 29.7. The van der Waals surface area contributed by atoms with Gasteiger partial charge in [0.1, 0.15) is 17.9 Å². The molecule has 0 bridgehead atoms. The zero-order valence-electron chi connectivity index (χ0n) is 22.7. The maximum Gasteiger partial charge on any atom is 0.493 e. The molecular formula is C25H29ClF3N7O4. The molecule has 0 aliphatic carbocycles. The molecule has 15 heteroatoms. The van der Waals surface area contributed by atoms with Crippen molar-refractivity contribution in [2.24, 2.45) is 0 Å². The van der Waals surface area contributed by atoms with Crippen LogP contribution in [-0.4, -0.2) is 81.1 Å². The molecule has 11 nitrogen and oxygen atoms in total. The van der Waals surface area contributed by atoms with Gasteiger partial charge in [-0.2, -0.15) is 23.3 Å². The molecule has 1 amide bonds.